The largest absolute Gasteiger partial charge is 0.394 e. The van der Waals surface area contributed by atoms with E-state index in [4.69, 9.17) is 0 Å². The highest BCUT2D eigenvalue weighted by Gasteiger charge is 2.12. The van der Waals surface area contributed by atoms with Gasteiger partial charge in [0, 0.05) is 18.0 Å². The minimum absolute atomic E-state index is 0.00381. The van der Waals surface area contributed by atoms with Crippen molar-refractivity contribution in [3.63, 3.8) is 0 Å². The van der Waals surface area contributed by atoms with Gasteiger partial charge in [-0.25, -0.2) is 9.97 Å². The molecule has 112 valence electrons. The van der Waals surface area contributed by atoms with Crippen molar-refractivity contribution in [2.24, 2.45) is 5.92 Å². The van der Waals surface area contributed by atoms with E-state index < -0.39 is 0 Å². The first-order valence-corrected chi connectivity index (χ1v) is 7.23. The van der Waals surface area contributed by atoms with Gasteiger partial charge in [-0.3, -0.25) is 4.98 Å². The maximum absolute atomic E-state index is 9.47. The molecule has 0 spiro atoms. The number of nitrogens with zero attached hydrogens (tertiary/aromatic N) is 3. The van der Waals surface area contributed by atoms with Crippen LogP contribution in [0.15, 0.2) is 30.5 Å². The Kier molecular flexibility index (Phi) is 5.22. The third-order valence-corrected chi connectivity index (χ3v) is 3.08. The van der Waals surface area contributed by atoms with E-state index in [1.807, 2.05) is 31.2 Å². The first-order valence-electron chi connectivity index (χ1n) is 7.23. The van der Waals surface area contributed by atoms with E-state index in [2.05, 4.69) is 34.1 Å². The Morgan fingerprint density at radius 3 is 2.67 bits per heavy atom. The van der Waals surface area contributed by atoms with Crippen LogP contribution in [-0.2, 0) is 0 Å². The Morgan fingerprint density at radius 1 is 1.24 bits per heavy atom. The summed E-state index contributed by atoms with van der Waals surface area (Å²) in [6, 6.07) is 7.54. The standard InChI is InChI=1S/C16H22N4O/c1-11(2)8-13(10-21)19-15-9-12(3)18-16(20-15)14-6-4-5-7-17-14/h4-7,9,11,13,21H,8,10H2,1-3H3,(H,18,19,20)/t13-/m1/s1. The Hall–Kier alpha value is -2.01. The molecule has 2 rings (SSSR count). The van der Waals surface area contributed by atoms with Crippen LogP contribution in [0.4, 0.5) is 5.82 Å². The van der Waals surface area contributed by atoms with Crippen LogP contribution in [0.25, 0.3) is 11.5 Å². The number of nitrogens with one attached hydrogen (secondary N) is 1. The molecule has 0 fully saturated rings. The SMILES string of the molecule is Cc1cc(N[C@@H](CO)CC(C)C)nc(-c2ccccn2)n1. The average Bonchev–Trinajstić information content (AvgIpc) is 2.46. The predicted molar refractivity (Wildman–Crippen MR) is 84.0 cm³/mol. The molecule has 0 amide bonds. The van der Waals surface area contributed by atoms with Crippen LogP contribution >= 0.6 is 0 Å². The second-order valence-corrected chi connectivity index (χ2v) is 5.59. The molecule has 0 saturated carbocycles. The zero-order valence-electron chi connectivity index (χ0n) is 12.7. The van der Waals surface area contributed by atoms with Crippen molar-refractivity contribution in [3.05, 3.63) is 36.2 Å². The molecule has 2 aromatic rings. The summed E-state index contributed by atoms with van der Waals surface area (Å²) in [5.74, 6) is 1.83. The second-order valence-electron chi connectivity index (χ2n) is 5.59. The minimum Gasteiger partial charge on any atom is -0.394 e. The summed E-state index contributed by atoms with van der Waals surface area (Å²) in [7, 11) is 0. The fourth-order valence-electron chi connectivity index (χ4n) is 2.21. The normalized spacial score (nSPS) is 12.4. The topological polar surface area (TPSA) is 70.9 Å². The maximum Gasteiger partial charge on any atom is 0.180 e. The molecule has 5 nitrogen and oxygen atoms in total. The van der Waals surface area contributed by atoms with E-state index in [0.717, 1.165) is 23.6 Å². The van der Waals surface area contributed by atoms with E-state index >= 15 is 0 Å². The van der Waals surface area contributed by atoms with Crippen LogP contribution in [0, 0.1) is 12.8 Å². The van der Waals surface area contributed by atoms with Crippen molar-refractivity contribution in [2.75, 3.05) is 11.9 Å². The molecular weight excluding hydrogens is 264 g/mol. The van der Waals surface area contributed by atoms with Gasteiger partial charge >= 0.3 is 0 Å². The molecule has 21 heavy (non-hydrogen) atoms. The lowest BCUT2D eigenvalue weighted by Crippen LogP contribution is -2.26. The molecule has 1 atom stereocenters. The molecule has 0 aliphatic carbocycles. The van der Waals surface area contributed by atoms with E-state index in [1.165, 1.54) is 0 Å². The fourth-order valence-corrected chi connectivity index (χ4v) is 2.21. The first kappa shape index (κ1) is 15.4. The van der Waals surface area contributed by atoms with Crippen LogP contribution in [-0.4, -0.2) is 32.7 Å². The number of hydrogen-bond donors (Lipinski definition) is 2. The Balaban J connectivity index is 2.23. The van der Waals surface area contributed by atoms with Gasteiger partial charge in [-0.15, -0.1) is 0 Å². The van der Waals surface area contributed by atoms with Gasteiger partial charge in [-0.1, -0.05) is 19.9 Å². The van der Waals surface area contributed by atoms with Gasteiger partial charge < -0.3 is 10.4 Å². The number of anilines is 1. The van der Waals surface area contributed by atoms with E-state index in [-0.39, 0.29) is 12.6 Å². The Bertz CT molecular complexity index is 572. The molecular formula is C16H22N4O. The van der Waals surface area contributed by atoms with Crippen LogP contribution in [0.5, 0.6) is 0 Å². The highest BCUT2D eigenvalue weighted by molar-refractivity contribution is 5.52. The van der Waals surface area contributed by atoms with E-state index in [1.54, 1.807) is 6.20 Å². The van der Waals surface area contributed by atoms with Crippen molar-refractivity contribution < 1.29 is 5.11 Å². The zero-order valence-corrected chi connectivity index (χ0v) is 12.7. The number of hydrogen-bond acceptors (Lipinski definition) is 5. The number of aryl methyl sites for hydroxylation is 1. The lowest BCUT2D eigenvalue weighted by Gasteiger charge is -2.19. The number of pyridine rings is 1. The fraction of sp³-hybridized carbons (Fsp3) is 0.438. The summed E-state index contributed by atoms with van der Waals surface area (Å²) in [5, 5.41) is 12.8. The molecule has 0 radical (unpaired) electrons. The smallest absolute Gasteiger partial charge is 0.180 e. The second kappa shape index (κ2) is 7.13. The van der Waals surface area contributed by atoms with Gasteiger partial charge in [0.1, 0.15) is 11.5 Å². The molecule has 5 heteroatoms. The Labute approximate surface area is 125 Å². The van der Waals surface area contributed by atoms with Gasteiger partial charge in [-0.05, 0) is 31.4 Å². The zero-order chi connectivity index (χ0) is 15.2. The number of aliphatic hydroxyl groups is 1. The van der Waals surface area contributed by atoms with Gasteiger partial charge in [-0.2, -0.15) is 0 Å². The van der Waals surface area contributed by atoms with Gasteiger partial charge in [0.05, 0.1) is 12.6 Å². The number of aliphatic hydroxyl groups excluding tert-OH is 1. The Morgan fingerprint density at radius 2 is 2.05 bits per heavy atom. The summed E-state index contributed by atoms with van der Waals surface area (Å²) in [4.78, 5) is 13.2. The first-order chi connectivity index (χ1) is 10.1. The van der Waals surface area contributed by atoms with Gasteiger partial charge in [0.2, 0.25) is 0 Å². The van der Waals surface area contributed by atoms with Crippen molar-refractivity contribution in [3.8, 4) is 11.5 Å². The highest BCUT2D eigenvalue weighted by atomic mass is 16.3. The monoisotopic (exact) mass is 286 g/mol. The molecule has 2 N–H and O–H groups in total. The summed E-state index contributed by atoms with van der Waals surface area (Å²) in [5.41, 5.74) is 1.61. The summed E-state index contributed by atoms with van der Waals surface area (Å²) in [6.07, 6.45) is 2.61. The van der Waals surface area contributed by atoms with Gasteiger partial charge in [0.15, 0.2) is 5.82 Å². The molecule has 0 saturated heterocycles. The molecule has 0 aromatic carbocycles. The van der Waals surface area contributed by atoms with Gasteiger partial charge in [0.25, 0.3) is 0 Å². The van der Waals surface area contributed by atoms with E-state index in [0.29, 0.717) is 11.7 Å². The summed E-state index contributed by atoms with van der Waals surface area (Å²) < 4.78 is 0. The van der Waals surface area contributed by atoms with Crippen molar-refractivity contribution in [2.45, 2.75) is 33.2 Å². The average molecular weight is 286 g/mol. The van der Waals surface area contributed by atoms with E-state index in [9.17, 15) is 5.11 Å². The molecule has 0 bridgehead atoms. The minimum atomic E-state index is -0.00381. The van der Waals surface area contributed by atoms with Crippen molar-refractivity contribution in [1.29, 1.82) is 0 Å². The third kappa shape index (κ3) is 4.49. The predicted octanol–water partition coefficient (Wildman–Crippen LogP) is 2.67. The van der Waals surface area contributed by atoms with Crippen molar-refractivity contribution >= 4 is 5.82 Å². The highest BCUT2D eigenvalue weighted by Crippen LogP contribution is 2.17. The van der Waals surface area contributed by atoms with Crippen LogP contribution in [0.3, 0.4) is 0 Å². The maximum atomic E-state index is 9.47. The quantitative estimate of drug-likeness (QED) is 0.854. The summed E-state index contributed by atoms with van der Waals surface area (Å²) in [6.45, 7) is 6.28. The molecule has 0 unspecified atom stereocenters. The third-order valence-electron chi connectivity index (χ3n) is 3.08. The van der Waals surface area contributed by atoms with Crippen LogP contribution in [0.1, 0.15) is 26.0 Å². The number of rotatable bonds is 6. The van der Waals surface area contributed by atoms with Crippen LogP contribution < -0.4 is 5.32 Å². The molecule has 0 aliphatic rings. The van der Waals surface area contributed by atoms with Crippen molar-refractivity contribution in [1.82, 2.24) is 15.0 Å². The number of aromatic nitrogens is 3. The molecule has 2 heterocycles. The lowest BCUT2D eigenvalue weighted by atomic mass is 10.0. The lowest BCUT2D eigenvalue weighted by molar-refractivity contribution is 0.259. The molecule has 2 aromatic heterocycles. The summed E-state index contributed by atoms with van der Waals surface area (Å²) >= 11 is 0. The molecule has 0 aliphatic heterocycles. The van der Waals surface area contributed by atoms with Crippen LogP contribution in [0.2, 0.25) is 0 Å².